The summed E-state index contributed by atoms with van der Waals surface area (Å²) in [6.07, 6.45) is 5.07. The van der Waals surface area contributed by atoms with Crippen LogP contribution in [-0.2, 0) is 26.0 Å². The molecule has 0 radical (unpaired) electrons. The molecule has 6 nitrogen and oxygen atoms in total. The molecular formula is C21H29NO5S. The summed E-state index contributed by atoms with van der Waals surface area (Å²) in [5.74, 6) is 0.711. The maximum atomic E-state index is 12.8. The Morgan fingerprint density at radius 1 is 1.32 bits per heavy atom. The number of ether oxygens (including phenoxy) is 1. The van der Waals surface area contributed by atoms with E-state index in [-0.39, 0.29) is 23.5 Å². The Bertz CT molecular complexity index is 883. The van der Waals surface area contributed by atoms with Gasteiger partial charge in [0.05, 0.1) is 16.9 Å². The second-order valence-corrected chi connectivity index (χ2v) is 10.8. The predicted octanol–water partition coefficient (Wildman–Crippen LogP) is 3.02. The summed E-state index contributed by atoms with van der Waals surface area (Å²) >= 11 is 0. The van der Waals surface area contributed by atoms with Crippen molar-refractivity contribution in [3.63, 3.8) is 0 Å². The number of hydrogen-bond acceptors (Lipinski definition) is 4. The van der Waals surface area contributed by atoms with Crippen molar-refractivity contribution >= 4 is 16.0 Å². The van der Waals surface area contributed by atoms with E-state index in [0.29, 0.717) is 17.8 Å². The standard InChI is InChI=1S/C21H29NO5S/c1-21-10-7-17-16-6-4-15(28(25,26)22(2)11-8-20(23)24)13-14(16)3-5-18(17)19(21)9-12-27-21/h4,6,13,17-19H,3,5,7-12H2,1-2H3,(H,23,24)/t17?,18?,19?,21-/m0/s1. The summed E-state index contributed by atoms with van der Waals surface area (Å²) in [5.41, 5.74) is 2.46. The SMILES string of the molecule is CN(CCC(=O)O)S(=O)(=O)c1ccc2c(c1)CCC1C2CC[C@]2(C)OCCC12. The largest absolute Gasteiger partial charge is 0.481 e. The Morgan fingerprint density at radius 2 is 2.11 bits per heavy atom. The molecule has 28 heavy (non-hydrogen) atoms. The summed E-state index contributed by atoms with van der Waals surface area (Å²) in [6.45, 7) is 3.09. The lowest BCUT2D eigenvalue weighted by Crippen LogP contribution is -2.44. The number of hydrogen-bond donors (Lipinski definition) is 1. The fourth-order valence-electron chi connectivity index (χ4n) is 5.68. The first-order chi connectivity index (χ1) is 13.2. The van der Waals surface area contributed by atoms with E-state index in [1.54, 1.807) is 6.07 Å². The molecule has 0 spiro atoms. The molecule has 1 aromatic carbocycles. The number of aryl methyl sites for hydroxylation is 1. The molecule has 2 aliphatic carbocycles. The van der Waals surface area contributed by atoms with E-state index in [2.05, 4.69) is 6.92 Å². The number of sulfonamides is 1. The van der Waals surface area contributed by atoms with E-state index >= 15 is 0 Å². The minimum absolute atomic E-state index is 0.0226. The zero-order valence-corrected chi connectivity index (χ0v) is 17.4. The van der Waals surface area contributed by atoms with Gasteiger partial charge < -0.3 is 9.84 Å². The van der Waals surface area contributed by atoms with Gasteiger partial charge in [0.25, 0.3) is 0 Å². The van der Waals surface area contributed by atoms with Gasteiger partial charge in [0.2, 0.25) is 10.0 Å². The van der Waals surface area contributed by atoms with Crippen molar-refractivity contribution in [1.82, 2.24) is 4.31 Å². The molecule has 3 aliphatic rings. The van der Waals surface area contributed by atoms with Crippen LogP contribution < -0.4 is 0 Å². The maximum Gasteiger partial charge on any atom is 0.304 e. The predicted molar refractivity (Wildman–Crippen MR) is 105 cm³/mol. The third-order valence-corrected chi connectivity index (χ3v) is 9.09. The maximum absolute atomic E-state index is 12.8. The number of carbonyl (C=O) groups is 1. The van der Waals surface area contributed by atoms with Gasteiger partial charge in [0, 0.05) is 20.2 Å². The lowest BCUT2D eigenvalue weighted by molar-refractivity contribution is -0.137. The zero-order chi connectivity index (χ0) is 20.1. The Balaban J connectivity index is 1.58. The van der Waals surface area contributed by atoms with Crippen LogP contribution in [0, 0.1) is 11.8 Å². The minimum atomic E-state index is -3.67. The lowest BCUT2D eigenvalue weighted by atomic mass is 9.59. The van der Waals surface area contributed by atoms with E-state index in [9.17, 15) is 13.2 Å². The highest BCUT2D eigenvalue weighted by Crippen LogP contribution is 2.55. The topological polar surface area (TPSA) is 83.9 Å². The molecule has 3 unspecified atom stereocenters. The first-order valence-electron chi connectivity index (χ1n) is 10.2. The first kappa shape index (κ1) is 19.9. The third kappa shape index (κ3) is 3.27. The monoisotopic (exact) mass is 407 g/mol. The summed E-state index contributed by atoms with van der Waals surface area (Å²) in [6, 6.07) is 5.52. The number of carboxylic acid groups (broad SMARTS) is 1. The molecule has 1 aromatic rings. The van der Waals surface area contributed by atoms with Crippen molar-refractivity contribution in [3.05, 3.63) is 29.3 Å². The van der Waals surface area contributed by atoms with Crippen LogP contribution in [0.15, 0.2) is 23.1 Å². The van der Waals surface area contributed by atoms with Crippen LogP contribution in [0.3, 0.4) is 0 Å². The molecule has 0 bridgehead atoms. The van der Waals surface area contributed by atoms with Gasteiger partial charge in [-0.05, 0) is 80.0 Å². The van der Waals surface area contributed by atoms with E-state index in [4.69, 9.17) is 9.84 Å². The fraction of sp³-hybridized carbons (Fsp3) is 0.667. The number of fused-ring (bicyclic) bond motifs is 5. The Hall–Kier alpha value is -1.44. The molecule has 2 fully saturated rings. The molecule has 1 saturated carbocycles. The second kappa shape index (κ2) is 7.11. The van der Waals surface area contributed by atoms with Gasteiger partial charge in [-0.2, -0.15) is 0 Å². The van der Waals surface area contributed by atoms with Crippen molar-refractivity contribution in [2.75, 3.05) is 20.2 Å². The average Bonchev–Trinajstić information content (AvgIpc) is 3.07. The van der Waals surface area contributed by atoms with Crippen LogP contribution in [0.2, 0.25) is 0 Å². The lowest BCUT2D eigenvalue weighted by Gasteiger charge is -2.48. The van der Waals surface area contributed by atoms with E-state index < -0.39 is 16.0 Å². The van der Waals surface area contributed by atoms with Gasteiger partial charge in [0.15, 0.2) is 0 Å². The van der Waals surface area contributed by atoms with Gasteiger partial charge in [-0.1, -0.05) is 6.07 Å². The molecule has 1 aliphatic heterocycles. The number of nitrogens with zero attached hydrogens (tertiary/aromatic N) is 1. The highest BCUT2D eigenvalue weighted by molar-refractivity contribution is 7.89. The van der Waals surface area contributed by atoms with E-state index in [1.807, 2.05) is 12.1 Å². The van der Waals surface area contributed by atoms with Crippen LogP contribution in [0.1, 0.15) is 56.1 Å². The molecule has 0 aromatic heterocycles. The molecule has 1 saturated heterocycles. The summed E-state index contributed by atoms with van der Waals surface area (Å²) in [7, 11) is -2.23. The van der Waals surface area contributed by atoms with Crippen LogP contribution in [0.25, 0.3) is 0 Å². The fourth-order valence-corrected chi connectivity index (χ4v) is 6.90. The molecule has 154 valence electrons. The highest BCUT2D eigenvalue weighted by Gasteiger charge is 2.51. The van der Waals surface area contributed by atoms with E-state index in [1.165, 1.54) is 12.6 Å². The van der Waals surface area contributed by atoms with Crippen LogP contribution in [0.4, 0.5) is 0 Å². The molecule has 1 N–H and O–H groups in total. The summed E-state index contributed by atoms with van der Waals surface area (Å²) in [4.78, 5) is 11.0. The Kier molecular flexibility index (Phi) is 5.04. The molecule has 0 amide bonds. The third-order valence-electron chi connectivity index (χ3n) is 7.24. The van der Waals surface area contributed by atoms with Gasteiger partial charge in [-0.3, -0.25) is 4.79 Å². The zero-order valence-electron chi connectivity index (χ0n) is 16.6. The summed E-state index contributed by atoms with van der Waals surface area (Å²) < 4.78 is 32.9. The quantitative estimate of drug-likeness (QED) is 0.811. The molecule has 1 heterocycles. The first-order valence-corrected chi connectivity index (χ1v) is 11.6. The second-order valence-electron chi connectivity index (χ2n) is 8.73. The van der Waals surface area contributed by atoms with Crippen molar-refractivity contribution < 1.29 is 23.1 Å². The number of rotatable bonds is 5. The van der Waals surface area contributed by atoms with Crippen LogP contribution in [0.5, 0.6) is 0 Å². The Morgan fingerprint density at radius 3 is 2.86 bits per heavy atom. The number of carboxylic acids is 1. The minimum Gasteiger partial charge on any atom is -0.481 e. The van der Waals surface area contributed by atoms with Crippen molar-refractivity contribution in [2.45, 2.75) is 61.9 Å². The van der Waals surface area contributed by atoms with Gasteiger partial charge in [0.1, 0.15) is 0 Å². The van der Waals surface area contributed by atoms with Gasteiger partial charge >= 0.3 is 5.97 Å². The van der Waals surface area contributed by atoms with Gasteiger partial charge in [-0.15, -0.1) is 0 Å². The smallest absolute Gasteiger partial charge is 0.304 e. The molecular weight excluding hydrogens is 378 g/mol. The van der Waals surface area contributed by atoms with Crippen molar-refractivity contribution in [1.29, 1.82) is 0 Å². The number of aliphatic carboxylic acids is 1. The normalized spacial score (nSPS) is 31.9. The van der Waals surface area contributed by atoms with Gasteiger partial charge in [-0.25, -0.2) is 12.7 Å². The highest BCUT2D eigenvalue weighted by atomic mass is 32.2. The average molecular weight is 408 g/mol. The summed E-state index contributed by atoms with van der Waals surface area (Å²) in [5, 5.41) is 8.82. The molecule has 4 rings (SSSR count). The number of benzene rings is 1. The molecule has 4 atom stereocenters. The van der Waals surface area contributed by atoms with Crippen LogP contribution in [-0.4, -0.2) is 49.6 Å². The molecule has 7 heteroatoms. The Labute approximate surface area is 166 Å². The van der Waals surface area contributed by atoms with Crippen molar-refractivity contribution in [3.8, 4) is 0 Å². The van der Waals surface area contributed by atoms with E-state index in [0.717, 1.165) is 48.6 Å². The van der Waals surface area contributed by atoms with Crippen molar-refractivity contribution in [2.24, 2.45) is 11.8 Å². The van der Waals surface area contributed by atoms with Crippen LogP contribution >= 0.6 is 0 Å².